The van der Waals surface area contributed by atoms with Crippen molar-refractivity contribution >= 4 is 17.7 Å². The van der Waals surface area contributed by atoms with Crippen LogP contribution < -0.4 is 5.73 Å². The Balaban J connectivity index is 2.12. The van der Waals surface area contributed by atoms with Crippen LogP contribution in [0.3, 0.4) is 0 Å². The summed E-state index contributed by atoms with van der Waals surface area (Å²) in [5, 5.41) is 0. The third-order valence-electron chi connectivity index (χ3n) is 3.24. The minimum atomic E-state index is 0.310. The number of nitrogens with zero attached hydrogens (tertiary/aromatic N) is 1. The maximum Gasteiger partial charge on any atom is 0.222 e. The zero-order valence-corrected chi connectivity index (χ0v) is 12.2. The number of hydrogen-bond donors (Lipinski definition) is 1. The van der Waals surface area contributed by atoms with Gasteiger partial charge in [-0.1, -0.05) is 0 Å². The van der Waals surface area contributed by atoms with Gasteiger partial charge in [0.25, 0.3) is 0 Å². The number of hydrogen-bond acceptors (Lipinski definition) is 4. The van der Waals surface area contributed by atoms with Crippen LogP contribution in [0.1, 0.15) is 32.1 Å². The van der Waals surface area contributed by atoms with E-state index in [1.807, 2.05) is 4.90 Å². The van der Waals surface area contributed by atoms with Gasteiger partial charge in [-0.3, -0.25) is 4.79 Å². The van der Waals surface area contributed by atoms with Crippen molar-refractivity contribution in [2.24, 2.45) is 5.73 Å². The summed E-state index contributed by atoms with van der Waals surface area (Å²) in [5.41, 5.74) is 5.43. The number of carbonyl (C=O) groups excluding carboxylic acids is 1. The van der Waals surface area contributed by atoms with Gasteiger partial charge in [-0.25, -0.2) is 0 Å². The van der Waals surface area contributed by atoms with Crippen molar-refractivity contribution in [1.29, 1.82) is 0 Å². The maximum atomic E-state index is 11.9. The fraction of sp³-hybridized carbons (Fsp3) is 0.923. The minimum absolute atomic E-state index is 0.310. The summed E-state index contributed by atoms with van der Waals surface area (Å²) in [6.07, 6.45) is 6.96. The predicted octanol–water partition coefficient (Wildman–Crippen LogP) is 1.49. The Morgan fingerprint density at radius 1 is 1.39 bits per heavy atom. The lowest BCUT2D eigenvalue weighted by Gasteiger charge is -2.32. The molecule has 2 N–H and O–H groups in total. The molecular weight excluding hydrogens is 248 g/mol. The van der Waals surface area contributed by atoms with Crippen molar-refractivity contribution in [3.05, 3.63) is 0 Å². The van der Waals surface area contributed by atoms with Crippen LogP contribution >= 0.6 is 11.8 Å². The largest absolute Gasteiger partial charge is 0.378 e. The normalized spacial score (nSPS) is 17.1. The molecule has 106 valence electrons. The van der Waals surface area contributed by atoms with Crippen molar-refractivity contribution in [3.63, 3.8) is 0 Å². The SMILES string of the molecule is CSCCCC(=O)N1CCC(OCCCN)CC1. The number of rotatable bonds is 8. The first-order valence-electron chi connectivity index (χ1n) is 6.86. The highest BCUT2D eigenvalue weighted by atomic mass is 32.2. The molecule has 0 aromatic rings. The predicted molar refractivity (Wildman–Crippen MR) is 76.8 cm³/mol. The highest BCUT2D eigenvalue weighted by Gasteiger charge is 2.22. The molecule has 0 spiro atoms. The molecule has 0 bridgehead atoms. The first-order chi connectivity index (χ1) is 8.77. The zero-order valence-electron chi connectivity index (χ0n) is 11.4. The Morgan fingerprint density at radius 3 is 2.72 bits per heavy atom. The van der Waals surface area contributed by atoms with Crippen molar-refractivity contribution < 1.29 is 9.53 Å². The lowest BCUT2D eigenvalue weighted by Crippen LogP contribution is -2.41. The molecule has 0 saturated carbocycles. The molecular formula is C13H26N2O2S. The second kappa shape index (κ2) is 9.64. The summed E-state index contributed by atoms with van der Waals surface area (Å²) in [4.78, 5) is 13.9. The summed E-state index contributed by atoms with van der Waals surface area (Å²) < 4.78 is 5.73. The van der Waals surface area contributed by atoms with Crippen LogP contribution in [0.5, 0.6) is 0 Å². The van der Waals surface area contributed by atoms with E-state index in [-0.39, 0.29) is 0 Å². The second-order valence-electron chi connectivity index (χ2n) is 4.69. The van der Waals surface area contributed by atoms with E-state index in [1.165, 1.54) is 0 Å². The quantitative estimate of drug-likeness (QED) is 0.681. The van der Waals surface area contributed by atoms with Gasteiger partial charge < -0.3 is 15.4 Å². The molecule has 1 amide bonds. The van der Waals surface area contributed by atoms with Gasteiger partial charge in [0.05, 0.1) is 6.10 Å². The molecule has 0 radical (unpaired) electrons. The van der Waals surface area contributed by atoms with Crippen molar-refractivity contribution in [2.45, 2.75) is 38.2 Å². The first kappa shape index (κ1) is 15.8. The molecule has 1 aliphatic rings. The molecule has 1 heterocycles. The van der Waals surface area contributed by atoms with Gasteiger partial charge in [0.15, 0.2) is 0 Å². The Hall–Kier alpha value is -0.260. The minimum Gasteiger partial charge on any atom is -0.378 e. The molecule has 1 fully saturated rings. The molecule has 0 aromatic heterocycles. The number of carbonyl (C=O) groups is 1. The van der Waals surface area contributed by atoms with Crippen molar-refractivity contribution in [2.75, 3.05) is 38.2 Å². The molecule has 5 heteroatoms. The summed E-state index contributed by atoms with van der Waals surface area (Å²) in [5.74, 6) is 1.38. The number of likely N-dealkylation sites (tertiary alicyclic amines) is 1. The maximum absolute atomic E-state index is 11.9. The van der Waals surface area contributed by atoms with Gasteiger partial charge in [-0.2, -0.15) is 11.8 Å². The topological polar surface area (TPSA) is 55.6 Å². The summed E-state index contributed by atoms with van der Waals surface area (Å²) >= 11 is 1.80. The van der Waals surface area contributed by atoms with Crippen LogP contribution in [0.25, 0.3) is 0 Å². The number of piperidine rings is 1. The van der Waals surface area contributed by atoms with Crippen LogP contribution in [-0.4, -0.2) is 55.2 Å². The highest BCUT2D eigenvalue weighted by molar-refractivity contribution is 7.98. The summed E-state index contributed by atoms with van der Waals surface area (Å²) in [6, 6.07) is 0. The van der Waals surface area contributed by atoms with Gasteiger partial charge >= 0.3 is 0 Å². The molecule has 18 heavy (non-hydrogen) atoms. The standard InChI is InChI=1S/C13H26N2O2S/c1-18-11-2-4-13(16)15-8-5-12(6-9-15)17-10-3-7-14/h12H,2-11,14H2,1H3. The van der Waals surface area contributed by atoms with E-state index in [0.717, 1.165) is 51.1 Å². The van der Waals surface area contributed by atoms with Crippen molar-refractivity contribution in [3.8, 4) is 0 Å². The Labute approximate surface area is 115 Å². The zero-order chi connectivity index (χ0) is 13.2. The summed E-state index contributed by atoms with van der Waals surface area (Å²) in [6.45, 7) is 3.15. The average Bonchev–Trinajstić information content (AvgIpc) is 2.40. The fourth-order valence-corrected chi connectivity index (χ4v) is 2.56. The highest BCUT2D eigenvalue weighted by Crippen LogP contribution is 2.15. The van der Waals surface area contributed by atoms with E-state index in [2.05, 4.69) is 6.26 Å². The molecule has 0 aromatic carbocycles. The number of ether oxygens (including phenoxy) is 1. The van der Waals surface area contributed by atoms with Gasteiger partial charge in [-0.05, 0) is 44.2 Å². The monoisotopic (exact) mass is 274 g/mol. The number of thioether (sulfide) groups is 1. The molecule has 1 aliphatic heterocycles. The van der Waals surface area contributed by atoms with E-state index >= 15 is 0 Å². The van der Waals surface area contributed by atoms with Gasteiger partial charge in [0, 0.05) is 26.1 Å². The van der Waals surface area contributed by atoms with E-state index in [0.29, 0.717) is 25.0 Å². The van der Waals surface area contributed by atoms with E-state index in [4.69, 9.17) is 10.5 Å². The third-order valence-corrected chi connectivity index (χ3v) is 3.93. The Morgan fingerprint density at radius 2 is 2.11 bits per heavy atom. The van der Waals surface area contributed by atoms with Gasteiger partial charge in [0.1, 0.15) is 0 Å². The molecule has 1 rings (SSSR count). The number of nitrogens with two attached hydrogens (primary N) is 1. The molecule has 0 atom stereocenters. The molecule has 1 saturated heterocycles. The average molecular weight is 274 g/mol. The second-order valence-corrected chi connectivity index (χ2v) is 5.68. The smallest absolute Gasteiger partial charge is 0.222 e. The van der Waals surface area contributed by atoms with E-state index < -0.39 is 0 Å². The molecule has 4 nitrogen and oxygen atoms in total. The van der Waals surface area contributed by atoms with Crippen LogP contribution in [0.2, 0.25) is 0 Å². The van der Waals surface area contributed by atoms with Gasteiger partial charge in [0.2, 0.25) is 5.91 Å². The summed E-state index contributed by atoms with van der Waals surface area (Å²) in [7, 11) is 0. The third kappa shape index (κ3) is 6.07. The van der Waals surface area contributed by atoms with Crippen LogP contribution in [0.4, 0.5) is 0 Å². The molecule has 0 unspecified atom stereocenters. The molecule has 0 aliphatic carbocycles. The lowest BCUT2D eigenvalue weighted by molar-refractivity contribution is -0.133. The number of amides is 1. The van der Waals surface area contributed by atoms with Crippen LogP contribution in [0.15, 0.2) is 0 Å². The first-order valence-corrected chi connectivity index (χ1v) is 8.25. The van der Waals surface area contributed by atoms with Gasteiger partial charge in [-0.15, -0.1) is 0 Å². The van der Waals surface area contributed by atoms with E-state index in [9.17, 15) is 4.79 Å². The Kier molecular flexibility index (Phi) is 8.46. The van der Waals surface area contributed by atoms with Crippen molar-refractivity contribution in [1.82, 2.24) is 4.90 Å². The van der Waals surface area contributed by atoms with Crippen LogP contribution in [0, 0.1) is 0 Å². The Bertz CT molecular complexity index is 231. The fourth-order valence-electron chi connectivity index (χ4n) is 2.13. The van der Waals surface area contributed by atoms with Crippen LogP contribution in [-0.2, 0) is 9.53 Å². The van der Waals surface area contributed by atoms with E-state index in [1.54, 1.807) is 11.8 Å². The lowest BCUT2D eigenvalue weighted by atomic mass is 10.1.